The number of aliphatic hydroxyl groups excluding tert-OH is 2. The van der Waals surface area contributed by atoms with Crippen molar-refractivity contribution in [1.29, 1.82) is 0 Å². The molecule has 16 heteroatoms. The summed E-state index contributed by atoms with van der Waals surface area (Å²) in [5.41, 5.74) is 0.543. The summed E-state index contributed by atoms with van der Waals surface area (Å²) in [5.74, 6) is 0.516. The molecule has 2 heterocycles. The van der Waals surface area contributed by atoms with Crippen LogP contribution in [0.3, 0.4) is 0 Å². The molecule has 14 nitrogen and oxygen atoms in total. The molecule has 0 saturated carbocycles. The maximum atomic E-state index is 12.6. The number of likely N-dealkylation sites (N-methyl/N-ethyl adjacent to an activating group) is 1. The standard InChI is InChI=1S/C22H29N3O11P2/c1-4-6-16(5-2)32-17-7-9-23-15(11-17)12-24(3)19(27)8-10-25(14-26)22-21(29)20(28)18(33-22)13-31-37-35-36-38-34-30/h4-11,14,18,20-22,28-30,37-38H,1-2,12-13H2,3H3/b10-8-,16-6+. The molecule has 1 aromatic heterocycles. The van der Waals surface area contributed by atoms with Crippen molar-refractivity contribution >= 4 is 30.4 Å². The Bertz CT molecular complexity index is 997. The Morgan fingerprint density at radius 1 is 1.26 bits per heavy atom. The van der Waals surface area contributed by atoms with E-state index in [1.54, 1.807) is 24.3 Å². The Kier molecular flexibility index (Phi) is 14.2. The zero-order valence-electron chi connectivity index (χ0n) is 20.3. The first kappa shape index (κ1) is 31.6. The minimum Gasteiger partial charge on any atom is -0.457 e. The quantitative estimate of drug-likeness (QED) is 0.0360. The Morgan fingerprint density at radius 2 is 2.03 bits per heavy atom. The van der Waals surface area contributed by atoms with E-state index in [0.717, 1.165) is 17.2 Å². The number of hydrogen-bond acceptors (Lipinski definition) is 12. The van der Waals surface area contributed by atoms with Crippen LogP contribution in [0.25, 0.3) is 0 Å². The van der Waals surface area contributed by atoms with Crippen molar-refractivity contribution in [2.24, 2.45) is 0 Å². The first-order valence-corrected chi connectivity index (χ1v) is 12.5. The van der Waals surface area contributed by atoms with E-state index < -0.39 is 48.5 Å². The largest absolute Gasteiger partial charge is 0.457 e. The van der Waals surface area contributed by atoms with Crippen LogP contribution in [0.1, 0.15) is 5.69 Å². The number of aromatic nitrogens is 1. The molecule has 2 amide bonds. The highest BCUT2D eigenvalue weighted by atomic mass is 31.1. The Balaban J connectivity index is 1.93. The van der Waals surface area contributed by atoms with Crippen molar-refractivity contribution in [3.05, 3.63) is 73.4 Å². The van der Waals surface area contributed by atoms with E-state index in [2.05, 4.69) is 32.2 Å². The van der Waals surface area contributed by atoms with Crippen LogP contribution in [-0.2, 0) is 39.4 Å². The molecule has 0 aromatic carbocycles. The van der Waals surface area contributed by atoms with Crippen molar-refractivity contribution in [2.45, 2.75) is 31.1 Å². The molecule has 1 aromatic rings. The molecular weight excluding hydrogens is 544 g/mol. The van der Waals surface area contributed by atoms with E-state index in [4.69, 9.17) is 19.3 Å². The van der Waals surface area contributed by atoms with Gasteiger partial charge in [0.15, 0.2) is 15.3 Å². The van der Waals surface area contributed by atoms with Crippen molar-refractivity contribution in [3.63, 3.8) is 0 Å². The van der Waals surface area contributed by atoms with Crippen LogP contribution in [0.2, 0.25) is 0 Å². The van der Waals surface area contributed by atoms with Gasteiger partial charge in [-0.2, -0.15) is 14.0 Å². The fourth-order valence-corrected chi connectivity index (χ4v) is 3.67. The van der Waals surface area contributed by atoms with Crippen molar-refractivity contribution in [3.8, 4) is 5.75 Å². The minimum atomic E-state index is -1.47. The number of carbonyl (C=O) groups excluding carboxylic acids is 2. The highest BCUT2D eigenvalue weighted by Gasteiger charge is 2.45. The van der Waals surface area contributed by atoms with E-state index in [1.165, 1.54) is 24.2 Å². The number of rotatable bonds is 17. The third kappa shape index (κ3) is 9.93. The normalized spacial score (nSPS) is 21.9. The fourth-order valence-electron chi connectivity index (χ4n) is 3.08. The Hall–Kier alpha value is -2.61. The molecule has 2 rings (SSSR count). The van der Waals surface area contributed by atoms with Gasteiger partial charge in [-0.3, -0.25) is 19.5 Å². The Morgan fingerprint density at radius 3 is 2.71 bits per heavy atom. The highest BCUT2D eigenvalue weighted by Crippen LogP contribution is 2.27. The van der Waals surface area contributed by atoms with Crippen LogP contribution in [0.4, 0.5) is 0 Å². The molecule has 0 aliphatic carbocycles. The number of carbonyl (C=O) groups is 2. The smallest absolute Gasteiger partial charge is 0.248 e. The molecule has 208 valence electrons. The molecule has 6 atom stereocenters. The van der Waals surface area contributed by atoms with Crippen molar-refractivity contribution in [1.82, 2.24) is 14.8 Å². The summed E-state index contributed by atoms with van der Waals surface area (Å²) in [5, 5.41) is 28.6. The highest BCUT2D eigenvalue weighted by molar-refractivity contribution is 7.28. The molecule has 1 saturated heterocycles. The fraction of sp³-hybridized carbons (Fsp3) is 0.318. The molecule has 3 N–H and O–H groups in total. The molecule has 0 spiro atoms. The van der Waals surface area contributed by atoms with Gasteiger partial charge in [0, 0.05) is 31.6 Å². The summed E-state index contributed by atoms with van der Waals surface area (Å²) in [7, 11) is 0.145. The first-order valence-electron chi connectivity index (χ1n) is 10.8. The number of pyridine rings is 1. The van der Waals surface area contributed by atoms with E-state index in [-0.39, 0.29) is 13.2 Å². The van der Waals surface area contributed by atoms with E-state index >= 15 is 0 Å². The van der Waals surface area contributed by atoms with Crippen LogP contribution >= 0.6 is 18.1 Å². The second-order valence-electron chi connectivity index (χ2n) is 7.44. The summed E-state index contributed by atoms with van der Waals surface area (Å²) in [6, 6.07) is 3.32. The lowest BCUT2D eigenvalue weighted by atomic mass is 10.1. The molecule has 38 heavy (non-hydrogen) atoms. The van der Waals surface area contributed by atoms with Gasteiger partial charge in [-0.25, -0.2) is 5.26 Å². The summed E-state index contributed by atoms with van der Waals surface area (Å²) < 4.78 is 28.9. The average Bonchev–Trinajstić information content (AvgIpc) is 3.19. The molecule has 1 fully saturated rings. The van der Waals surface area contributed by atoms with Gasteiger partial charge in [0.25, 0.3) is 0 Å². The van der Waals surface area contributed by atoms with Crippen molar-refractivity contribution in [2.75, 3.05) is 13.7 Å². The van der Waals surface area contributed by atoms with Gasteiger partial charge in [0.05, 0.1) is 18.8 Å². The zero-order valence-corrected chi connectivity index (χ0v) is 22.3. The third-order valence-electron chi connectivity index (χ3n) is 4.88. The van der Waals surface area contributed by atoms with E-state index in [1.807, 2.05) is 0 Å². The molecule has 0 radical (unpaired) electrons. The minimum absolute atomic E-state index is 0.133. The molecule has 1 aliphatic rings. The monoisotopic (exact) mass is 573 g/mol. The first-order chi connectivity index (χ1) is 18.3. The predicted molar refractivity (Wildman–Crippen MR) is 136 cm³/mol. The maximum absolute atomic E-state index is 12.6. The summed E-state index contributed by atoms with van der Waals surface area (Å²) in [6.45, 7) is 7.21. The van der Waals surface area contributed by atoms with Crippen LogP contribution in [0.15, 0.2) is 67.8 Å². The number of ether oxygens (including phenoxy) is 2. The van der Waals surface area contributed by atoms with Gasteiger partial charge in [-0.15, -0.1) is 0 Å². The lowest BCUT2D eigenvalue weighted by molar-refractivity contribution is -0.169. The Labute approximate surface area is 222 Å². The van der Waals surface area contributed by atoms with Crippen molar-refractivity contribution < 1.29 is 53.1 Å². The summed E-state index contributed by atoms with van der Waals surface area (Å²) in [6.07, 6.45) is 3.74. The zero-order chi connectivity index (χ0) is 27.9. The van der Waals surface area contributed by atoms with Gasteiger partial charge in [-0.1, -0.05) is 19.2 Å². The van der Waals surface area contributed by atoms with Crippen LogP contribution in [0, 0.1) is 0 Å². The number of aliphatic hydroxyl groups is 2. The molecule has 0 bridgehead atoms. The summed E-state index contributed by atoms with van der Waals surface area (Å²) >= 11 is 0. The van der Waals surface area contributed by atoms with Gasteiger partial charge in [0.2, 0.25) is 21.4 Å². The molecule has 1 aliphatic heterocycles. The van der Waals surface area contributed by atoms with Gasteiger partial charge >= 0.3 is 0 Å². The van der Waals surface area contributed by atoms with E-state index in [0.29, 0.717) is 23.6 Å². The van der Waals surface area contributed by atoms with Crippen LogP contribution < -0.4 is 4.74 Å². The maximum Gasteiger partial charge on any atom is 0.248 e. The molecule has 6 unspecified atom stereocenters. The van der Waals surface area contributed by atoms with Crippen LogP contribution in [0.5, 0.6) is 5.75 Å². The average molecular weight is 573 g/mol. The van der Waals surface area contributed by atoms with Gasteiger partial charge in [0.1, 0.15) is 29.8 Å². The second kappa shape index (κ2) is 17.1. The lowest BCUT2D eigenvalue weighted by Crippen LogP contribution is -2.41. The predicted octanol–water partition coefficient (Wildman–Crippen LogP) is 1.56. The summed E-state index contributed by atoms with van der Waals surface area (Å²) in [4.78, 5) is 30.7. The number of hydrogen-bond donors (Lipinski definition) is 3. The number of allylic oxidation sites excluding steroid dienone is 3. The van der Waals surface area contributed by atoms with Gasteiger partial charge in [-0.05, 0) is 18.2 Å². The number of nitrogens with zero attached hydrogens (tertiary/aromatic N) is 3. The molecular formula is C22H29N3O11P2. The lowest BCUT2D eigenvalue weighted by Gasteiger charge is -2.23. The van der Waals surface area contributed by atoms with E-state index in [9.17, 15) is 19.8 Å². The third-order valence-corrected chi connectivity index (χ3v) is 5.71. The van der Waals surface area contributed by atoms with Gasteiger partial charge < -0.3 is 29.1 Å². The SMILES string of the molecule is C=C/C=C(\C=C)Oc1ccnc(CN(C)C(=O)/C=C\N(C=O)C2OC(COPOOPOO)C(O)C2O)c1. The van der Waals surface area contributed by atoms with Crippen LogP contribution in [-0.4, -0.2) is 80.8 Å². The topological polar surface area (TPSA) is 170 Å². The second-order valence-corrected chi connectivity index (χ2v) is 8.58. The number of amides is 2.